The lowest BCUT2D eigenvalue weighted by Crippen LogP contribution is -2.43. The van der Waals surface area contributed by atoms with Gasteiger partial charge in [0.2, 0.25) is 0 Å². The molecule has 3 nitrogen and oxygen atoms in total. The Bertz CT molecular complexity index is 413. The van der Waals surface area contributed by atoms with E-state index in [2.05, 4.69) is 9.88 Å². The van der Waals surface area contributed by atoms with E-state index in [1.54, 1.807) is 11.3 Å². The van der Waals surface area contributed by atoms with Crippen molar-refractivity contribution in [3.05, 3.63) is 16.1 Å². The molecule has 1 aromatic heterocycles. The lowest BCUT2D eigenvalue weighted by Gasteiger charge is -2.34. The number of nitrogens with zero attached hydrogens (tertiary/aromatic N) is 2. The first kappa shape index (κ1) is 14.7. The van der Waals surface area contributed by atoms with Crippen LogP contribution in [0.5, 0.6) is 0 Å². The summed E-state index contributed by atoms with van der Waals surface area (Å²) in [7, 11) is 0. The number of aliphatic hydroxyl groups is 1. The topological polar surface area (TPSA) is 36.4 Å². The summed E-state index contributed by atoms with van der Waals surface area (Å²) in [6, 6.07) is 0. The van der Waals surface area contributed by atoms with E-state index in [4.69, 9.17) is 0 Å². The zero-order valence-corrected chi connectivity index (χ0v) is 11.5. The molecule has 1 saturated heterocycles. The number of hydrogen-bond acceptors (Lipinski definition) is 4. The van der Waals surface area contributed by atoms with Crippen molar-refractivity contribution in [3.63, 3.8) is 0 Å². The highest BCUT2D eigenvalue weighted by atomic mass is 32.1. The molecule has 2 heterocycles. The third-order valence-corrected chi connectivity index (χ3v) is 4.39. The molecule has 1 N–H and O–H groups in total. The average molecular weight is 294 g/mol. The maximum absolute atomic E-state index is 12.4. The Balaban J connectivity index is 1.82. The monoisotopic (exact) mass is 294 g/mol. The Morgan fingerprint density at radius 3 is 2.58 bits per heavy atom. The molecule has 1 fully saturated rings. The molecule has 0 aliphatic carbocycles. The van der Waals surface area contributed by atoms with E-state index in [0.717, 1.165) is 10.7 Å². The number of aliphatic hydroxyl groups excluding tert-OH is 1. The molecule has 1 atom stereocenters. The van der Waals surface area contributed by atoms with E-state index >= 15 is 0 Å². The minimum Gasteiger partial charge on any atom is -0.383 e. The Labute approximate surface area is 114 Å². The molecule has 0 spiro atoms. The fraction of sp³-hybridized carbons (Fsp3) is 0.750. The number of alkyl halides is 3. The van der Waals surface area contributed by atoms with Crippen LogP contribution in [-0.4, -0.2) is 40.4 Å². The summed E-state index contributed by atoms with van der Waals surface area (Å²) in [6.07, 6.45) is -5.92. The van der Waals surface area contributed by atoms with E-state index in [-0.39, 0.29) is 0 Å². The second-order valence-electron chi connectivity index (χ2n) is 4.98. The summed E-state index contributed by atoms with van der Waals surface area (Å²) in [5.74, 6) is -0.672. The molecule has 0 amide bonds. The highest BCUT2D eigenvalue weighted by Gasteiger charge is 2.44. The first-order valence-electron chi connectivity index (χ1n) is 6.24. The summed E-state index contributed by atoms with van der Waals surface area (Å²) >= 11 is 1.57. The van der Waals surface area contributed by atoms with Gasteiger partial charge < -0.3 is 5.11 Å². The van der Waals surface area contributed by atoms with Crippen LogP contribution in [0.25, 0.3) is 0 Å². The molecule has 1 aliphatic rings. The predicted molar refractivity (Wildman–Crippen MR) is 66.9 cm³/mol. The highest BCUT2D eigenvalue weighted by molar-refractivity contribution is 7.09. The first-order valence-corrected chi connectivity index (χ1v) is 7.12. The highest BCUT2D eigenvalue weighted by Crippen LogP contribution is 2.32. The Hall–Kier alpha value is -0.660. The van der Waals surface area contributed by atoms with Gasteiger partial charge in [0, 0.05) is 11.1 Å². The Kier molecular flexibility index (Phi) is 4.47. The van der Waals surface area contributed by atoms with E-state index in [1.807, 2.05) is 12.3 Å². The molecule has 108 valence electrons. The van der Waals surface area contributed by atoms with Crippen molar-refractivity contribution < 1.29 is 18.3 Å². The van der Waals surface area contributed by atoms with Crippen LogP contribution in [0.4, 0.5) is 13.2 Å². The molecule has 7 heteroatoms. The largest absolute Gasteiger partial charge is 0.414 e. The summed E-state index contributed by atoms with van der Waals surface area (Å²) in [5.41, 5.74) is 0.974. The summed E-state index contributed by atoms with van der Waals surface area (Å²) in [4.78, 5) is 6.44. The van der Waals surface area contributed by atoms with Gasteiger partial charge in [0.15, 0.2) is 6.10 Å². The number of aryl methyl sites for hydroxylation is 1. The van der Waals surface area contributed by atoms with Crippen LogP contribution >= 0.6 is 11.3 Å². The van der Waals surface area contributed by atoms with Gasteiger partial charge in [-0.2, -0.15) is 13.2 Å². The molecule has 1 unspecified atom stereocenters. The van der Waals surface area contributed by atoms with E-state index in [0.29, 0.717) is 32.5 Å². The van der Waals surface area contributed by atoms with Crippen LogP contribution in [0.1, 0.15) is 23.5 Å². The van der Waals surface area contributed by atoms with Crippen molar-refractivity contribution in [2.75, 3.05) is 13.1 Å². The maximum Gasteiger partial charge on any atom is 0.414 e. The third kappa shape index (κ3) is 3.90. The van der Waals surface area contributed by atoms with Crippen LogP contribution in [-0.2, 0) is 6.54 Å². The van der Waals surface area contributed by atoms with Gasteiger partial charge in [0.1, 0.15) is 5.01 Å². The number of rotatable bonds is 3. The van der Waals surface area contributed by atoms with Gasteiger partial charge >= 0.3 is 6.18 Å². The van der Waals surface area contributed by atoms with Crippen LogP contribution in [0.2, 0.25) is 0 Å². The van der Waals surface area contributed by atoms with Gasteiger partial charge in [-0.1, -0.05) is 0 Å². The van der Waals surface area contributed by atoms with Crippen molar-refractivity contribution in [1.29, 1.82) is 0 Å². The Morgan fingerprint density at radius 1 is 1.47 bits per heavy atom. The van der Waals surface area contributed by atoms with Gasteiger partial charge in [-0.3, -0.25) is 4.90 Å². The standard InChI is InChI=1S/C12H17F3N2OS/c1-8-7-19-10(16-8)6-17-4-2-9(3-5-17)11(18)12(13,14)15/h7,9,11,18H,2-6H2,1H3. The Morgan fingerprint density at radius 2 is 2.11 bits per heavy atom. The summed E-state index contributed by atoms with van der Waals surface area (Å²) in [5, 5.41) is 12.2. The van der Waals surface area contributed by atoms with Gasteiger partial charge in [0.05, 0.1) is 6.54 Å². The summed E-state index contributed by atoms with van der Waals surface area (Å²) in [6.45, 7) is 3.77. The number of piperidine rings is 1. The van der Waals surface area contributed by atoms with Gasteiger partial charge in [-0.25, -0.2) is 4.98 Å². The lowest BCUT2D eigenvalue weighted by atomic mass is 9.91. The number of halogens is 3. The van der Waals surface area contributed by atoms with Crippen LogP contribution in [0.15, 0.2) is 5.38 Å². The van der Waals surface area contributed by atoms with Crippen molar-refractivity contribution in [3.8, 4) is 0 Å². The third-order valence-electron chi connectivity index (χ3n) is 3.44. The quantitative estimate of drug-likeness (QED) is 0.931. The smallest absolute Gasteiger partial charge is 0.383 e. The fourth-order valence-corrected chi connectivity index (χ4v) is 3.17. The number of likely N-dealkylation sites (tertiary alicyclic amines) is 1. The molecule has 0 aromatic carbocycles. The second kappa shape index (κ2) is 5.76. The van der Waals surface area contributed by atoms with Crippen molar-refractivity contribution >= 4 is 11.3 Å². The van der Waals surface area contributed by atoms with Crippen molar-refractivity contribution in [1.82, 2.24) is 9.88 Å². The zero-order chi connectivity index (χ0) is 14.0. The number of thiazole rings is 1. The summed E-state index contributed by atoms with van der Waals surface area (Å²) < 4.78 is 37.2. The van der Waals surface area contributed by atoms with Crippen LogP contribution in [0, 0.1) is 12.8 Å². The van der Waals surface area contributed by atoms with E-state index in [1.165, 1.54) is 0 Å². The van der Waals surface area contributed by atoms with Gasteiger partial charge in [0.25, 0.3) is 0 Å². The van der Waals surface area contributed by atoms with Crippen molar-refractivity contribution in [2.24, 2.45) is 5.92 Å². The van der Waals surface area contributed by atoms with Crippen LogP contribution in [0.3, 0.4) is 0 Å². The average Bonchev–Trinajstić information content (AvgIpc) is 2.74. The molecule has 0 saturated carbocycles. The van der Waals surface area contributed by atoms with E-state index < -0.39 is 18.2 Å². The predicted octanol–water partition coefficient (Wildman–Crippen LogP) is 2.59. The second-order valence-corrected chi connectivity index (χ2v) is 5.93. The first-order chi connectivity index (χ1) is 8.86. The van der Waals surface area contributed by atoms with Gasteiger partial charge in [-0.05, 0) is 38.8 Å². The molecular formula is C12H17F3N2OS. The van der Waals surface area contributed by atoms with Crippen LogP contribution < -0.4 is 0 Å². The molecule has 2 rings (SSSR count). The SMILES string of the molecule is Cc1csc(CN2CCC(C(O)C(F)(F)F)CC2)n1. The molecule has 0 radical (unpaired) electrons. The maximum atomic E-state index is 12.4. The molecule has 1 aromatic rings. The molecule has 1 aliphatic heterocycles. The molecule has 19 heavy (non-hydrogen) atoms. The lowest BCUT2D eigenvalue weighted by molar-refractivity contribution is -0.223. The van der Waals surface area contributed by atoms with E-state index in [9.17, 15) is 18.3 Å². The number of hydrogen-bond donors (Lipinski definition) is 1. The fourth-order valence-electron chi connectivity index (χ4n) is 2.36. The zero-order valence-electron chi connectivity index (χ0n) is 10.7. The molecule has 0 bridgehead atoms. The van der Waals surface area contributed by atoms with Crippen molar-refractivity contribution in [2.45, 2.75) is 38.6 Å². The minimum absolute atomic E-state index is 0.380. The normalized spacial score (nSPS) is 20.7. The molecular weight excluding hydrogens is 277 g/mol. The minimum atomic E-state index is -4.50. The number of aromatic nitrogens is 1. The van der Waals surface area contributed by atoms with Gasteiger partial charge in [-0.15, -0.1) is 11.3 Å².